The number of hydrogen-bond acceptors (Lipinski definition) is 6. The molecule has 7 nitrogen and oxygen atoms in total. The Bertz CT molecular complexity index is 595. The molecule has 106 valence electrons. The molecule has 1 amide bonds. The number of carbonyl (C=O) groups is 1. The van der Waals surface area contributed by atoms with Crippen molar-refractivity contribution >= 4 is 15.7 Å². The van der Waals surface area contributed by atoms with Gasteiger partial charge in [0.15, 0.2) is 16.4 Å². The minimum absolute atomic E-state index is 0.172. The van der Waals surface area contributed by atoms with Gasteiger partial charge in [0.05, 0.1) is 19.1 Å². The van der Waals surface area contributed by atoms with Crippen molar-refractivity contribution < 1.29 is 22.7 Å². The highest BCUT2D eigenvalue weighted by molar-refractivity contribution is 7.93. The van der Waals surface area contributed by atoms with Gasteiger partial charge >= 0.3 is 0 Å². The molecule has 0 aliphatic carbocycles. The molecule has 1 aromatic carbocycles. The highest BCUT2D eigenvalue weighted by Gasteiger charge is 2.42. The Balaban J connectivity index is 3.43. The van der Waals surface area contributed by atoms with Gasteiger partial charge in [-0.05, 0) is 19.1 Å². The number of sulfone groups is 1. The fraction of sp³-hybridized carbons (Fsp3) is 0.364. The average Bonchev–Trinajstić information content (AvgIpc) is 2.37. The topological polar surface area (TPSA) is 122 Å². The van der Waals surface area contributed by atoms with Crippen LogP contribution in [-0.4, -0.2) is 33.4 Å². The Kier molecular flexibility index (Phi) is 4.06. The smallest absolute Gasteiger partial charge is 0.253 e. The molecule has 0 spiro atoms. The quantitative estimate of drug-likeness (QED) is 0.762. The zero-order chi connectivity index (χ0) is 14.8. The maximum Gasteiger partial charge on any atom is 0.253 e. The zero-order valence-corrected chi connectivity index (χ0v) is 11.7. The summed E-state index contributed by atoms with van der Waals surface area (Å²) < 4.78 is 34.5. The predicted octanol–water partition coefficient (Wildman–Crippen LogP) is -0.362. The number of carbonyl (C=O) groups excluding carboxylic acids is 1. The highest BCUT2D eigenvalue weighted by Crippen LogP contribution is 2.32. The lowest BCUT2D eigenvalue weighted by Crippen LogP contribution is -2.55. The molecule has 0 heterocycles. The summed E-state index contributed by atoms with van der Waals surface area (Å²) in [5, 5.41) is 0. The number of methoxy groups -OCH3 is 2. The first-order valence-electron chi connectivity index (χ1n) is 5.24. The summed E-state index contributed by atoms with van der Waals surface area (Å²) in [7, 11) is -1.34. The molecule has 0 saturated carbocycles. The molecule has 0 aliphatic heterocycles. The molecule has 8 heteroatoms. The Morgan fingerprint density at radius 1 is 1.21 bits per heavy atom. The summed E-state index contributed by atoms with van der Waals surface area (Å²) in [6.45, 7) is 1.04. The van der Waals surface area contributed by atoms with Crippen LogP contribution in [0.4, 0.5) is 0 Å². The molecule has 0 aromatic heterocycles. The van der Waals surface area contributed by atoms with Crippen molar-refractivity contribution in [1.82, 2.24) is 0 Å². The standard InChI is InChI=1S/C11H16N2O5S/c1-11(13,10(12)14)19(15,16)7-4-5-8(17-2)9(6-7)18-3/h4-6H,13H2,1-3H3,(H2,12,14)/t11-/m1/s1. The molecular weight excluding hydrogens is 272 g/mol. The third kappa shape index (κ3) is 2.49. The van der Waals surface area contributed by atoms with Crippen LogP contribution >= 0.6 is 0 Å². The summed E-state index contributed by atoms with van der Waals surface area (Å²) in [4.78, 5) is 8.81. The Morgan fingerprint density at radius 3 is 2.16 bits per heavy atom. The first-order chi connectivity index (χ1) is 8.68. The summed E-state index contributed by atoms with van der Waals surface area (Å²) in [5.41, 5.74) is 10.5. The van der Waals surface area contributed by atoms with E-state index in [2.05, 4.69) is 0 Å². The number of benzene rings is 1. The van der Waals surface area contributed by atoms with Crippen LogP contribution in [0.3, 0.4) is 0 Å². The van der Waals surface area contributed by atoms with Crippen LogP contribution in [-0.2, 0) is 14.6 Å². The fourth-order valence-electron chi connectivity index (χ4n) is 1.36. The summed E-state index contributed by atoms with van der Waals surface area (Å²) >= 11 is 0. The van der Waals surface area contributed by atoms with E-state index in [0.29, 0.717) is 5.75 Å². The van der Waals surface area contributed by atoms with Crippen molar-refractivity contribution in [2.24, 2.45) is 11.5 Å². The van der Waals surface area contributed by atoms with Crippen molar-refractivity contribution in [2.45, 2.75) is 16.7 Å². The van der Waals surface area contributed by atoms with E-state index in [1.54, 1.807) is 0 Å². The molecule has 19 heavy (non-hydrogen) atoms. The molecule has 0 saturated heterocycles. The third-order valence-corrected chi connectivity index (χ3v) is 4.91. The predicted molar refractivity (Wildman–Crippen MR) is 68.5 cm³/mol. The normalized spacial score (nSPS) is 14.5. The van der Waals surface area contributed by atoms with Gasteiger partial charge in [-0.1, -0.05) is 0 Å². The second-order valence-electron chi connectivity index (χ2n) is 3.99. The number of ether oxygens (including phenoxy) is 2. The molecule has 0 fully saturated rings. The maximum absolute atomic E-state index is 12.2. The van der Waals surface area contributed by atoms with E-state index < -0.39 is 20.6 Å². The van der Waals surface area contributed by atoms with Crippen LogP contribution in [0.5, 0.6) is 11.5 Å². The monoisotopic (exact) mass is 288 g/mol. The van der Waals surface area contributed by atoms with Crippen LogP contribution in [0.2, 0.25) is 0 Å². The van der Waals surface area contributed by atoms with E-state index in [4.69, 9.17) is 20.9 Å². The van der Waals surface area contributed by atoms with Gasteiger partial charge in [-0.2, -0.15) is 0 Å². The maximum atomic E-state index is 12.2. The van der Waals surface area contributed by atoms with Gasteiger partial charge in [-0.25, -0.2) is 8.42 Å². The van der Waals surface area contributed by atoms with Crippen LogP contribution < -0.4 is 20.9 Å². The highest BCUT2D eigenvalue weighted by atomic mass is 32.2. The van der Waals surface area contributed by atoms with Gasteiger partial charge in [0.25, 0.3) is 5.91 Å². The first-order valence-corrected chi connectivity index (χ1v) is 6.72. The van der Waals surface area contributed by atoms with Gasteiger partial charge in [-0.15, -0.1) is 0 Å². The average molecular weight is 288 g/mol. The lowest BCUT2D eigenvalue weighted by Gasteiger charge is -2.21. The van der Waals surface area contributed by atoms with Gasteiger partial charge in [0.1, 0.15) is 0 Å². The van der Waals surface area contributed by atoms with Gasteiger partial charge in [0.2, 0.25) is 9.84 Å². The lowest BCUT2D eigenvalue weighted by atomic mass is 10.3. The molecule has 0 bridgehead atoms. The molecule has 0 unspecified atom stereocenters. The van der Waals surface area contributed by atoms with Gasteiger partial charge in [0, 0.05) is 6.07 Å². The Labute approximate surface area is 111 Å². The van der Waals surface area contributed by atoms with Crippen LogP contribution in [0.25, 0.3) is 0 Å². The van der Waals surface area contributed by atoms with Crippen LogP contribution in [0.1, 0.15) is 6.92 Å². The summed E-state index contributed by atoms with van der Waals surface area (Å²) in [5.74, 6) is -0.564. The minimum atomic E-state index is -4.13. The van der Waals surface area contributed by atoms with E-state index >= 15 is 0 Å². The molecule has 1 atom stereocenters. The van der Waals surface area contributed by atoms with E-state index in [9.17, 15) is 13.2 Å². The third-order valence-electron chi connectivity index (χ3n) is 2.71. The first kappa shape index (κ1) is 15.3. The van der Waals surface area contributed by atoms with Crippen molar-refractivity contribution in [2.75, 3.05) is 14.2 Å². The van der Waals surface area contributed by atoms with E-state index in [0.717, 1.165) is 6.92 Å². The summed E-state index contributed by atoms with van der Waals surface area (Å²) in [6, 6.07) is 3.90. The largest absolute Gasteiger partial charge is 0.493 e. The Hall–Kier alpha value is -1.80. The van der Waals surface area contributed by atoms with Crippen LogP contribution in [0, 0.1) is 0 Å². The van der Waals surface area contributed by atoms with E-state index in [1.165, 1.54) is 32.4 Å². The number of hydrogen-bond donors (Lipinski definition) is 2. The van der Waals surface area contributed by atoms with Crippen molar-refractivity contribution in [3.8, 4) is 11.5 Å². The van der Waals surface area contributed by atoms with E-state index in [-0.39, 0.29) is 10.6 Å². The summed E-state index contributed by atoms with van der Waals surface area (Å²) in [6.07, 6.45) is 0. The van der Waals surface area contributed by atoms with Gasteiger partial charge < -0.3 is 20.9 Å². The van der Waals surface area contributed by atoms with Crippen molar-refractivity contribution in [3.05, 3.63) is 18.2 Å². The molecule has 4 N–H and O–H groups in total. The number of rotatable bonds is 5. The fourth-order valence-corrected chi connectivity index (χ4v) is 2.62. The zero-order valence-electron chi connectivity index (χ0n) is 10.8. The molecule has 1 aromatic rings. The van der Waals surface area contributed by atoms with Crippen molar-refractivity contribution in [1.29, 1.82) is 0 Å². The molecule has 0 aliphatic rings. The van der Waals surface area contributed by atoms with Gasteiger partial charge in [-0.3, -0.25) is 4.79 Å². The number of nitrogens with two attached hydrogens (primary N) is 2. The molecule has 0 radical (unpaired) electrons. The SMILES string of the molecule is COc1ccc(S(=O)(=O)[C@@](C)(N)C(N)=O)cc1OC. The number of amides is 1. The molecule has 1 rings (SSSR count). The second kappa shape index (κ2) is 5.06. The minimum Gasteiger partial charge on any atom is -0.493 e. The second-order valence-corrected chi connectivity index (χ2v) is 6.32. The van der Waals surface area contributed by atoms with Crippen molar-refractivity contribution in [3.63, 3.8) is 0 Å². The van der Waals surface area contributed by atoms with Crippen LogP contribution in [0.15, 0.2) is 23.1 Å². The lowest BCUT2D eigenvalue weighted by molar-refractivity contribution is -0.120. The number of primary amides is 1. The molecular formula is C11H16N2O5S. The van der Waals surface area contributed by atoms with E-state index in [1.807, 2.05) is 0 Å². The Morgan fingerprint density at radius 2 is 1.74 bits per heavy atom.